The third-order valence-electron chi connectivity index (χ3n) is 2.73. The van der Waals surface area contributed by atoms with E-state index in [1.54, 1.807) is 13.0 Å². The van der Waals surface area contributed by atoms with Crippen LogP contribution in [0.4, 0.5) is 4.39 Å². The third-order valence-corrected chi connectivity index (χ3v) is 3.55. The average Bonchev–Trinajstić information content (AvgIpc) is 2.33. The molecule has 0 aliphatic carbocycles. The van der Waals surface area contributed by atoms with Crippen molar-refractivity contribution in [1.82, 2.24) is 9.97 Å². The van der Waals surface area contributed by atoms with Crippen molar-refractivity contribution >= 4 is 15.9 Å². The summed E-state index contributed by atoms with van der Waals surface area (Å²) in [7, 11) is 0. The first-order chi connectivity index (χ1) is 9.01. The normalized spacial score (nSPS) is 10.7. The number of aromatic amines is 1. The molecule has 1 N–H and O–H groups in total. The van der Waals surface area contributed by atoms with Gasteiger partial charge in [0.05, 0.1) is 5.69 Å². The molecular weight excluding hydrogens is 311 g/mol. The molecule has 0 radical (unpaired) electrons. The first-order valence-electron chi connectivity index (χ1n) is 6.07. The van der Waals surface area contributed by atoms with Gasteiger partial charge in [-0.05, 0) is 53.0 Å². The Morgan fingerprint density at radius 1 is 1.37 bits per heavy atom. The lowest BCUT2D eigenvalue weighted by molar-refractivity contribution is 0.627. The number of benzene rings is 1. The summed E-state index contributed by atoms with van der Waals surface area (Å²) in [6.07, 6.45) is 1.59. The lowest BCUT2D eigenvalue weighted by Gasteiger charge is -2.07. The van der Waals surface area contributed by atoms with Gasteiger partial charge in [-0.3, -0.25) is 4.79 Å². The molecule has 0 amide bonds. The fourth-order valence-electron chi connectivity index (χ4n) is 1.92. The van der Waals surface area contributed by atoms with Crippen molar-refractivity contribution in [2.75, 3.05) is 0 Å². The zero-order valence-electron chi connectivity index (χ0n) is 10.8. The Bertz CT molecular complexity index is 647. The summed E-state index contributed by atoms with van der Waals surface area (Å²) in [6.45, 7) is 3.82. The molecule has 2 aromatic rings. The maximum Gasteiger partial charge on any atom is 0.265 e. The molecule has 0 bridgehead atoms. The minimum absolute atomic E-state index is 0.240. The molecule has 0 spiro atoms. The van der Waals surface area contributed by atoms with Gasteiger partial charge in [-0.15, -0.1) is 0 Å². The number of aryl methyl sites for hydroxylation is 2. The summed E-state index contributed by atoms with van der Waals surface area (Å²) in [5.41, 5.74) is 1.83. The van der Waals surface area contributed by atoms with E-state index >= 15 is 0 Å². The molecule has 19 heavy (non-hydrogen) atoms. The molecule has 0 aliphatic heterocycles. The summed E-state index contributed by atoms with van der Waals surface area (Å²) in [5.74, 6) is 0.0665. The molecule has 100 valence electrons. The third kappa shape index (κ3) is 3.10. The van der Waals surface area contributed by atoms with Crippen molar-refractivity contribution in [3.63, 3.8) is 0 Å². The first kappa shape index (κ1) is 13.9. The van der Waals surface area contributed by atoms with Gasteiger partial charge in [-0.25, -0.2) is 9.37 Å². The average molecular weight is 325 g/mol. The quantitative estimate of drug-likeness (QED) is 0.937. The number of rotatable bonds is 3. The predicted octanol–water partition coefficient (Wildman–Crippen LogP) is 3.60. The molecule has 0 unspecified atom stereocenters. The van der Waals surface area contributed by atoms with E-state index in [1.807, 2.05) is 6.92 Å². The smallest absolute Gasteiger partial charge is 0.265 e. The first-order valence-corrected chi connectivity index (χ1v) is 6.87. The number of nitrogens with zero attached hydrogens (tertiary/aromatic N) is 1. The molecule has 0 saturated heterocycles. The van der Waals surface area contributed by atoms with Crippen molar-refractivity contribution in [2.45, 2.75) is 26.7 Å². The molecular formula is C14H14BrFN2O. The summed E-state index contributed by atoms with van der Waals surface area (Å²) in [6, 6.07) is 4.60. The molecule has 0 saturated carbocycles. The van der Waals surface area contributed by atoms with Gasteiger partial charge >= 0.3 is 0 Å². The SMILES string of the molecule is CCCc1nc(-c2cc(C)cc(F)c2)[nH]c(=O)c1Br. The molecule has 3 nitrogen and oxygen atoms in total. The standard InChI is InChI=1S/C14H14BrFN2O/c1-3-4-11-12(15)14(19)18-13(17-11)9-5-8(2)6-10(16)7-9/h5-7H,3-4H2,1-2H3,(H,17,18,19). The maximum absolute atomic E-state index is 13.4. The Balaban J connectivity index is 2.59. The lowest BCUT2D eigenvalue weighted by atomic mass is 10.1. The van der Waals surface area contributed by atoms with Crippen molar-refractivity contribution in [1.29, 1.82) is 0 Å². The second-order valence-corrected chi connectivity index (χ2v) is 5.24. The van der Waals surface area contributed by atoms with Gasteiger partial charge in [0.1, 0.15) is 16.1 Å². The van der Waals surface area contributed by atoms with E-state index in [9.17, 15) is 9.18 Å². The summed E-state index contributed by atoms with van der Waals surface area (Å²) in [5, 5.41) is 0. The van der Waals surface area contributed by atoms with Crippen LogP contribution in [0.25, 0.3) is 11.4 Å². The summed E-state index contributed by atoms with van der Waals surface area (Å²) < 4.78 is 13.9. The van der Waals surface area contributed by atoms with Crippen LogP contribution < -0.4 is 5.56 Å². The number of H-pyrrole nitrogens is 1. The Morgan fingerprint density at radius 3 is 2.74 bits per heavy atom. The summed E-state index contributed by atoms with van der Waals surface area (Å²) in [4.78, 5) is 18.9. The van der Waals surface area contributed by atoms with Crippen LogP contribution in [-0.4, -0.2) is 9.97 Å². The lowest BCUT2D eigenvalue weighted by Crippen LogP contribution is -2.13. The van der Waals surface area contributed by atoms with Gasteiger partial charge in [-0.2, -0.15) is 0 Å². The molecule has 1 heterocycles. The van der Waals surface area contributed by atoms with E-state index < -0.39 is 0 Å². The molecule has 0 fully saturated rings. The van der Waals surface area contributed by atoms with Gasteiger partial charge in [0.15, 0.2) is 0 Å². The van der Waals surface area contributed by atoms with Crippen LogP contribution in [-0.2, 0) is 6.42 Å². The molecule has 0 aliphatic rings. The second kappa shape index (κ2) is 5.65. The van der Waals surface area contributed by atoms with E-state index in [1.165, 1.54) is 12.1 Å². The van der Waals surface area contributed by atoms with E-state index in [2.05, 4.69) is 25.9 Å². The second-order valence-electron chi connectivity index (χ2n) is 4.44. The van der Waals surface area contributed by atoms with Gasteiger partial charge < -0.3 is 4.98 Å². The largest absolute Gasteiger partial charge is 0.306 e. The highest BCUT2D eigenvalue weighted by molar-refractivity contribution is 9.10. The number of hydrogen-bond donors (Lipinski definition) is 1. The Hall–Kier alpha value is -1.49. The van der Waals surface area contributed by atoms with Crippen molar-refractivity contribution in [2.24, 2.45) is 0 Å². The Labute approximate surface area is 119 Å². The van der Waals surface area contributed by atoms with Crippen LogP contribution in [0.5, 0.6) is 0 Å². The minimum Gasteiger partial charge on any atom is -0.306 e. The minimum atomic E-state index is -0.336. The monoisotopic (exact) mass is 324 g/mol. The predicted molar refractivity (Wildman–Crippen MR) is 76.7 cm³/mol. The van der Waals surface area contributed by atoms with Crippen LogP contribution >= 0.6 is 15.9 Å². The molecule has 1 aromatic heterocycles. The van der Waals surface area contributed by atoms with Gasteiger partial charge in [-0.1, -0.05) is 13.3 Å². The highest BCUT2D eigenvalue weighted by Crippen LogP contribution is 2.20. The van der Waals surface area contributed by atoms with Crippen molar-refractivity contribution in [3.05, 3.63) is 50.1 Å². The van der Waals surface area contributed by atoms with E-state index in [-0.39, 0.29) is 11.4 Å². The van der Waals surface area contributed by atoms with E-state index in [0.29, 0.717) is 28.0 Å². The van der Waals surface area contributed by atoms with Crippen LogP contribution in [0, 0.1) is 12.7 Å². The highest BCUT2D eigenvalue weighted by atomic mass is 79.9. The van der Waals surface area contributed by atoms with Crippen LogP contribution in [0.15, 0.2) is 27.5 Å². The zero-order chi connectivity index (χ0) is 14.0. The number of hydrogen-bond acceptors (Lipinski definition) is 2. The number of nitrogens with one attached hydrogen (secondary N) is 1. The van der Waals surface area contributed by atoms with Crippen molar-refractivity contribution < 1.29 is 4.39 Å². The molecule has 1 aromatic carbocycles. The van der Waals surface area contributed by atoms with Gasteiger partial charge in [0.2, 0.25) is 0 Å². The van der Waals surface area contributed by atoms with E-state index in [0.717, 1.165) is 12.0 Å². The fourth-order valence-corrected chi connectivity index (χ4v) is 2.30. The topological polar surface area (TPSA) is 45.8 Å². The summed E-state index contributed by atoms with van der Waals surface area (Å²) >= 11 is 3.24. The highest BCUT2D eigenvalue weighted by Gasteiger charge is 2.10. The van der Waals surface area contributed by atoms with Crippen LogP contribution in [0.2, 0.25) is 0 Å². The van der Waals surface area contributed by atoms with Gasteiger partial charge in [0.25, 0.3) is 5.56 Å². The maximum atomic E-state index is 13.4. The number of aromatic nitrogens is 2. The fraction of sp³-hybridized carbons (Fsp3) is 0.286. The van der Waals surface area contributed by atoms with Crippen molar-refractivity contribution in [3.8, 4) is 11.4 Å². The molecule has 0 atom stereocenters. The Kier molecular flexibility index (Phi) is 4.14. The van der Waals surface area contributed by atoms with E-state index in [4.69, 9.17) is 0 Å². The van der Waals surface area contributed by atoms with Gasteiger partial charge in [0, 0.05) is 5.56 Å². The Morgan fingerprint density at radius 2 is 2.11 bits per heavy atom. The number of halogens is 2. The molecule has 5 heteroatoms. The van der Waals surface area contributed by atoms with Crippen LogP contribution in [0.3, 0.4) is 0 Å². The molecule has 2 rings (SSSR count). The van der Waals surface area contributed by atoms with Crippen LogP contribution in [0.1, 0.15) is 24.6 Å². The zero-order valence-corrected chi connectivity index (χ0v) is 12.3.